The number of hydrogen-bond donors (Lipinski definition) is 0. The van der Waals surface area contributed by atoms with E-state index in [1.165, 1.54) is 19.6 Å². The summed E-state index contributed by atoms with van der Waals surface area (Å²) in [4.78, 5) is 5.08. The molecule has 64 valence electrons. The Kier molecular flexibility index (Phi) is 1.69. The molecule has 0 amide bonds. The van der Waals surface area contributed by atoms with Crippen LogP contribution in [0.4, 0.5) is 0 Å². The molecule has 2 heteroatoms. The van der Waals surface area contributed by atoms with E-state index in [2.05, 4.69) is 30.7 Å². The van der Waals surface area contributed by atoms with E-state index in [0.29, 0.717) is 0 Å². The predicted molar refractivity (Wildman–Crippen MR) is 46.6 cm³/mol. The topological polar surface area (TPSA) is 6.48 Å². The smallest absolute Gasteiger partial charge is 0.0273 e. The van der Waals surface area contributed by atoms with E-state index in [1.807, 2.05) is 0 Å². The summed E-state index contributed by atoms with van der Waals surface area (Å²) in [5.74, 6) is 0.988. The van der Waals surface area contributed by atoms with Crippen LogP contribution in [0.3, 0.4) is 0 Å². The minimum absolute atomic E-state index is 0.744. The van der Waals surface area contributed by atoms with Crippen LogP contribution in [0.5, 0.6) is 0 Å². The van der Waals surface area contributed by atoms with Crippen LogP contribution in [0.2, 0.25) is 0 Å². The molecule has 0 saturated carbocycles. The summed E-state index contributed by atoms with van der Waals surface area (Å²) in [7, 11) is 2.24. The maximum atomic E-state index is 2.60. The summed E-state index contributed by atoms with van der Waals surface area (Å²) in [6.07, 6.45) is 0. The average Bonchev–Trinajstić information content (AvgIpc) is 2.26. The van der Waals surface area contributed by atoms with Crippen molar-refractivity contribution in [2.75, 3.05) is 26.7 Å². The van der Waals surface area contributed by atoms with Crippen molar-refractivity contribution in [1.82, 2.24) is 9.80 Å². The van der Waals surface area contributed by atoms with Crippen molar-refractivity contribution in [2.24, 2.45) is 5.92 Å². The first kappa shape index (κ1) is 7.56. The Hall–Kier alpha value is -0.0800. The number of nitrogens with zero attached hydrogens (tertiary/aromatic N) is 2. The van der Waals surface area contributed by atoms with Gasteiger partial charge < -0.3 is 4.90 Å². The molecule has 0 radical (unpaired) electrons. The van der Waals surface area contributed by atoms with E-state index >= 15 is 0 Å². The Bertz CT molecular complexity index is 156. The molecule has 0 N–H and O–H groups in total. The fourth-order valence-corrected chi connectivity index (χ4v) is 2.35. The van der Waals surface area contributed by atoms with E-state index in [-0.39, 0.29) is 0 Å². The SMILES string of the molecule is CC(C)N1CC2CN(C)C2C1. The lowest BCUT2D eigenvalue weighted by Crippen LogP contribution is -2.52. The largest absolute Gasteiger partial charge is 0.301 e. The highest BCUT2D eigenvalue weighted by molar-refractivity contribution is 4.99. The Morgan fingerprint density at radius 2 is 1.91 bits per heavy atom. The Morgan fingerprint density at radius 3 is 2.36 bits per heavy atom. The second-order valence-corrected chi connectivity index (χ2v) is 4.31. The minimum atomic E-state index is 0.744. The molecule has 11 heavy (non-hydrogen) atoms. The summed E-state index contributed by atoms with van der Waals surface area (Å²) < 4.78 is 0. The van der Waals surface area contributed by atoms with Gasteiger partial charge in [0.15, 0.2) is 0 Å². The molecule has 2 fully saturated rings. The Balaban J connectivity index is 1.93. The van der Waals surface area contributed by atoms with Crippen molar-refractivity contribution in [3.8, 4) is 0 Å². The van der Waals surface area contributed by atoms with Crippen molar-refractivity contribution in [1.29, 1.82) is 0 Å². The third kappa shape index (κ3) is 1.09. The first-order valence-electron chi connectivity index (χ1n) is 4.63. The standard InChI is InChI=1S/C9H18N2/c1-7(2)11-5-8-4-10(3)9(8)6-11/h7-9H,4-6H2,1-3H3. The van der Waals surface area contributed by atoms with Gasteiger partial charge in [0.1, 0.15) is 0 Å². The zero-order valence-corrected chi connectivity index (χ0v) is 7.75. The molecule has 0 aromatic rings. The second-order valence-electron chi connectivity index (χ2n) is 4.31. The third-order valence-corrected chi connectivity index (χ3v) is 3.25. The Morgan fingerprint density at radius 1 is 1.18 bits per heavy atom. The molecule has 0 bridgehead atoms. The lowest BCUT2D eigenvalue weighted by Gasteiger charge is -2.40. The van der Waals surface area contributed by atoms with E-state index in [0.717, 1.165) is 18.0 Å². The molecule has 2 unspecified atom stereocenters. The first-order valence-corrected chi connectivity index (χ1v) is 4.63. The van der Waals surface area contributed by atoms with Gasteiger partial charge in [-0.3, -0.25) is 4.90 Å². The van der Waals surface area contributed by atoms with Gasteiger partial charge in [0.05, 0.1) is 0 Å². The maximum absolute atomic E-state index is 2.60. The van der Waals surface area contributed by atoms with Crippen molar-refractivity contribution in [3.63, 3.8) is 0 Å². The molecule has 2 rings (SSSR count). The van der Waals surface area contributed by atoms with Gasteiger partial charge in [0, 0.05) is 37.6 Å². The molecule has 0 aromatic heterocycles. The summed E-state index contributed by atoms with van der Waals surface area (Å²) in [5, 5.41) is 0. The van der Waals surface area contributed by atoms with Gasteiger partial charge in [-0.2, -0.15) is 0 Å². The molecule has 0 aromatic carbocycles. The van der Waals surface area contributed by atoms with Crippen LogP contribution >= 0.6 is 0 Å². The molecule has 0 spiro atoms. The van der Waals surface area contributed by atoms with Gasteiger partial charge in [-0.25, -0.2) is 0 Å². The van der Waals surface area contributed by atoms with Crippen LogP contribution in [-0.4, -0.2) is 48.6 Å². The molecule has 2 heterocycles. The zero-order valence-electron chi connectivity index (χ0n) is 7.75. The van der Waals surface area contributed by atoms with Crippen LogP contribution in [-0.2, 0) is 0 Å². The third-order valence-electron chi connectivity index (χ3n) is 3.25. The normalized spacial score (nSPS) is 39.3. The summed E-state index contributed by atoms with van der Waals surface area (Å²) in [6.45, 7) is 8.56. The maximum Gasteiger partial charge on any atom is 0.0273 e. The quantitative estimate of drug-likeness (QED) is 0.547. The van der Waals surface area contributed by atoms with Gasteiger partial charge in [-0.1, -0.05) is 0 Å². The summed E-state index contributed by atoms with van der Waals surface area (Å²) in [6, 6.07) is 1.63. The molecule has 0 aliphatic carbocycles. The zero-order chi connectivity index (χ0) is 8.01. The lowest BCUT2D eigenvalue weighted by atomic mass is 9.93. The van der Waals surface area contributed by atoms with Crippen LogP contribution in [0.25, 0.3) is 0 Å². The van der Waals surface area contributed by atoms with Gasteiger partial charge in [0.2, 0.25) is 0 Å². The molecule has 2 saturated heterocycles. The molecule has 2 aliphatic heterocycles. The number of likely N-dealkylation sites (N-methyl/N-ethyl adjacent to an activating group) is 1. The summed E-state index contributed by atoms with van der Waals surface area (Å²) >= 11 is 0. The fourth-order valence-electron chi connectivity index (χ4n) is 2.35. The van der Waals surface area contributed by atoms with Crippen LogP contribution < -0.4 is 0 Å². The highest BCUT2D eigenvalue weighted by atomic mass is 15.3. The molecular formula is C9H18N2. The van der Waals surface area contributed by atoms with E-state index in [9.17, 15) is 0 Å². The van der Waals surface area contributed by atoms with E-state index < -0.39 is 0 Å². The fraction of sp³-hybridized carbons (Fsp3) is 1.00. The summed E-state index contributed by atoms with van der Waals surface area (Å²) in [5.41, 5.74) is 0. The van der Waals surface area contributed by atoms with Crippen LogP contribution in [0.1, 0.15) is 13.8 Å². The monoisotopic (exact) mass is 154 g/mol. The van der Waals surface area contributed by atoms with Gasteiger partial charge in [-0.15, -0.1) is 0 Å². The minimum Gasteiger partial charge on any atom is -0.301 e. The van der Waals surface area contributed by atoms with E-state index in [1.54, 1.807) is 0 Å². The molecular weight excluding hydrogens is 136 g/mol. The number of rotatable bonds is 1. The van der Waals surface area contributed by atoms with Gasteiger partial charge in [0.25, 0.3) is 0 Å². The van der Waals surface area contributed by atoms with Crippen LogP contribution in [0, 0.1) is 5.92 Å². The van der Waals surface area contributed by atoms with Crippen molar-refractivity contribution >= 4 is 0 Å². The molecule has 2 nitrogen and oxygen atoms in total. The number of hydrogen-bond acceptors (Lipinski definition) is 2. The highest BCUT2D eigenvalue weighted by Crippen LogP contribution is 2.31. The predicted octanol–water partition coefficient (Wildman–Crippen LogP) is 0.641. The van der Waals surface area contributed by atoms with Crippen molar-refractivity contribution in [3.05, 3.63) is 0 Å². The molecule has 2 atom stereocenters. The number of likely N-dealkylation sites (tertiary alicyclic amines) is 2. The Labute approximate surface area is 69.2 Å². The highest BCUT2D eigenvalue weighted by Gasteiger charge is 2.43. The first-order chi connectivity index (χ1) is 5.18. The number of fused-ring (bicyclic) bond motifs is 1. The molecule has 2 aliphatic rings. The van der Waals surface area contributed by atoms with Gasteiger partial charge in [-0.05, 0) is 20.9 Å². The second kappa shape index (κ2) is 2.46. The van der Waals surface area contributed by atoms with Gasteiger partial charge >= 0.3 is 0 Å². The van der Waals surface area contributed by atoms with E-state index in [4.69, 9.17) is 0 Å². The van der Waals surface area contributed by atoms with Crippen molar-refractivity contribution < 1.29 is 0 Å². The average molecular weight is 154 g/mol. The lowest BCUT2D eigenvalue weighted by molar-refractivity contribution is 0.0824. The van der Waals surface area contributed by atoms with Crippen LogP contribution in [0.15, 0.2) is 0 Å². The van der Waals surface area contributed by atoms with Crippen molar-refractivity contribution in [2.45, 2.75) is 25.9 Å².